The van der Waals surface area contributed by atoms with Crippen molar-refractivity contribution in [2.75, 3.05) is 19.7 Å². The molecule has 1 aliphatic rings. The van der Waals surface area contributed by atoms with Crippen LogP contribution in [0.4, 0.5) is 13.2 Å². The van der Waals surface area contributed by atoms with Gasteiger partial charge in [0.25, 0.3) is 0 Å². The van der Waals surface area contributed by atoms with Crippen LogP contribution in [-0.4, -0.2) is 36.6 Å². The summed E-state index contributed by atoms with van der Waals surface area (Å²) in [6.45, 7) is 0.663. The van der Waals surface area contributed by atoms with Gasteiger partial charge >= 0.3 is 6.18 Å². The quantitative estimate of drug-likeness (QED) is 0.906. The molecule has 0 spiro atoms. The fourth-order valence-corrected chi connectivity index (χ4v) is 2.49. The van der Waals surface area contributed by atoms with Crippen molar-refractivity contribution >= 4 is 5.91 Å². The first kappa shape index (κ1) is 16.8. The number of rotatable bonds is 5. The van der Waals surface area contributed by atoms with Crippen LogP contribution in [-0.2, 0) is 22.3 Å². The minimum atomic E-state index is -4.43. The van der Waals surface area contributed by atoms with Crippen LogP contribution in [0.25, 0.3) is 0 Å². The molecule has 1 unspecified atom stereocenters. The number of hydrogen-bond acceptors (Lipinski definition) is 3. The van der Waals surface area contributed by atoms with E-state index in [2.05, 4.69) is 0 Å². The van der Waals surface area contributed by atoms with E-state index < -0.39 is 11.7 Å². The number of ether oxygens (including phenoxy) is 1. The molecule has 1 saturated heterocycles. The van der Waals surface area contributed by atoms with Crippen molar-refractivity contribution in [3.8, 4) is 0 Å². The smallest absolute Gasteiger partial charge is 0.367 e. The Morgan fingerprint density at radius 1 is 1.32 bits per heavy atom. The number of alkyl halides is 3. The summed E-state index contributed by atoms with van der Waals surface area (Å²) in [5.74, 6) is -0.291. The van der Waals surface area contributed by atoms with Crippen LogP contribution >= 0.6 is 0 Å². The molecule has 1 fully saturated rings. The number of carbonyl (C=O) groups excluding carboxylic acids is 1. The number of nitrogens with two attached hydrogens (primary N) is 1. The van der Waals surface area contributed by atoms with Crippen molar-refractivity contribution in [1.29, 1.82) is 0 Å². The molecule has 4 nitrogen and oxygen atoms in total. The maximum absolute atomic E-state index is 13.0. The third-order valence-electron chi connectivity index (χ3n) is 3.63. The number of amides is 1. The van der Waals surface area contributed by atoms with Gasteiger partial charge in [0.2, 0.25) is 5.91 Å². The van der Waals surface area contributed by atoms with E-state index in [1.54, 1.807) is 6.07 Å². The van der Waals surface area contributed by atoms with Gasteiger partial charge in [-0.15, -0.1) is 0 Å². The van der Waals surface area contributed by atoms with Crippen molar-refractivity contribution in [1.82, 2.24) is 4.90 Å². The lowest BCUT2D eigenvalue weighted by Gasteiger charge is -2.33. The zero-order chi connectivity index (χ0) is 16.2. The van der Waals surface area contributed by atoms with Crippen molar-refractivity contribution in [2.45, 2.75) is 31.7 Å². The third kappa shape index (κ3) is 4.20. The lowest BCUT2D eigenvalue weighted by atomic mass is 10.1. The van der Waals surface area contributed by atoms with Crippen LogP contribution in [0.15, 0.2) is 24.3 Å². The largest absolute Gasteiger partial charge is 0.416 e. The van der Waals surface area contributed by atoms with Crippen LogP contribution in [0, 0.1) is 0 Å². The molecule has 22 heavy (non-hydrogen) atoms. The highest BCUT2D eigenvalue weighted by molar-refractivity contribution is 5.78. The molecule has 0 saturated carbocycles. The van der Waals surface area contributed by atoms with E-state index in [4.69, 9.17) is 10.5 Å². The molecule has 1 atom stereocenters. The Morgan fingerprint density at radius 2 is 2.05 bits per heavy atom. The van der Waals surface area contributed by atoms with Crippen LogP contribution in [0.5, 0.6) is 0 Å². The zero-order valence-electron chi connectivity index (χ0n) is 12.1. The maximum atomic E-state index is 13.0. The molecule has 122 valence electrons. The first-order valence-electron chi connectivity index (χ1n) is 7.16. The fourth-order valence-electron chi connectivity index (χ4n) is 2.49. The number of halogens is 3. The number of benzene rings is 1. The third-order valence-corrected chi connectivity index (χ3v) is 3.63. The van der Waals surface area contributed by atoms with Gasteiger partial charge in [-0.2, -0.15) is 13.2 Å². The average Bonchev–Trinajstić information content (AvgIpc) is 2.47. The number of hydrogen-bond donors (Lipinski definition) is 1. The Hall–Kier alpha value is -1.60. The molecule has 2 rings (SSSR count). The van der Waals surface area contributed by atoms with Gasteiger partial charge in [-0.25, -0.2) is 0 Å². The highest BCUT2D eigenvalue weighted by Crippen LogP contribution is 2.32. The Bertz CT molecular complexity index is 520. The molecule has 0 radical (unpaired) electrons. The second-order valence-corrected chi connectivity index (χ2v) is 5.29. The molecule has 1 aromatic carbocycles. The second kappa shape index (κ2) is 7.11. The zero-order valence-corrected chi connectivity index (χ0v) is 12.1. The van der Waals surface area contributed by atoms with E-state index in [9.17, 15) is 18.0 Å². The highest BCUT2D eigenvalue weighted by atomic mass is 19.4. The Balaban J connectivity index is 2.10. The minimum Gasteiger partial charge on any atom is -0.367 e. The summed E-state index contributed by atoms with van der Waals surface area (Å²) in [5.41, 5.74) is 4.84. The molecular formula is C15H19F3N2O2. The summed E-state index contributed by atoms with van der Waals surface area (Å²) in [6, 6.07) is 5.32. The lowest BCUT2D eigenvalue weighted by molar-refractivity contribution is -0.151. The monoisotopic (exact) mass is 316 g/mol. The first-order chi connectivity index (χ1) is 10.4. The van der Waals surface area contributed by atoms with E-state index in [0.717, 1.165) is 12.5 Å². The predicted octanol–water partition coefficient (Wildman–Crippen LogP) is 2.17. The van der Waals surface area contributed by atoms with Gasteiger partial charge in [0.1, 0.15) is 6.61 Å². The summed E-state index contributed by atoms with van der Waals surface area (Å²) in [6.07, 6.45) is -3.14. The number of morpholine rings is 1. The summed E-state index contributed by atoms with van der Waals surface area (Å²) < 4.78 is 44.4. The van der Waals surface area contributed by atoms with Crippen molar-refractivity contribution < 1.29 is 22.7 Å². The molecule has 0 aromatic heterocycles. The molecule has 7 heteroatoms. The van der Waals surface area contributed by atoms with Crippen molar-refractivity contribution in [3.05, 3.63) is 35.4 Å². The molecule has 0 aliphatic carbocycles. The average molecular weight is 316 g/mol. The Labute approximate surface area is 127 Å². The Kier molecular flexibility index (Phi) is 5.42. The van der Waals surface area contributed by atoms with E-state index in [1.165, 1.54) is 17.0 Å². The van der Waals surface area contributed by atoms with Crippen molar-refractivity contribution in [2.24, 2.45) is 5.73 Å². The van der Waals surface area contributed by atoms with E-state index >= 15 is 0 Å². The molecule has 1 amide bonds. The standard InChI is InChI=1S/C15H19F3N2O2/c16-15(17,18)13-6-2-1-4-11(13)8-20-9-12(5-3-7-19)22-10-14(20)21/h1-2,4,6,12H,3,5,7-10,19H2. The SMILES string of the molecule is NCCCC1CN(Cc2ccccc2C(F)(F)F)C(=O)CO1. The first-order valence-corrected chi connectivity index (χ1v) is 7.16. The maximum Gasteiger partial charge on any atom is 0.416 e. The number of carbonyl (C=O) groups is 1. The van der Waals surface area contributed by atoms with Gasteiger partial charge in [0, 0.05) is 13.1 Å². The normalized spacial score (nSPS) is 19.5. The molecule has 1 heterocycles. The second-order valence-electron chi connectivity index (χ2n) is 5.29. The lowest BCUT2D eigenvalue weighted by Crippen LogP contribution is -2.46. The fraction of sp³-hybridized carbons (Fsp3) is 0.533. The van der Waals surface area contributed by atoms with Gasteiger partial charge < -0.3 is 15.4 Å². The van der Waals surface area contributed by atoms with Crippen LogP contribution in [0.2, 0.25) is 0 Å². The molecule has 2 N–H and O–H groups in total. The van der Waals surface area contributed by atoms with E-state index in [0.29, 0.717) is 19.5 Å². The summed E-state index contributed by atoms with van der Waals surface area (Å²) in [7, 11) is 0. The van der Waals surface area contributed by atoms with Gasteiger partial charge in [-0.05, 0) is 31.0 Å². The summed E-state index contributed by atoms with van der Waals surface area (Å²) >= 11 is 0. The van der Waals surface area contributed by atoms with Crippen molar-refractivity contribution in [3.63, 3.8) is 0 Å². The van der Waals surface area contributed by atoms with Crippen LogP contribution in [0.3, 0.4) is 0 Å². The minimum absolute atomic E-state index is 0.0585. The van der Waals surface area contributed by atoms with E-state index in [1.807, 2.05) is 0 Å². The number of nitrogens with zero attached hydrogens (tertiary/aromatic N) is 1. The van der Waals surface area contributed by atoms with Crippen LogP contribution < -0.4 is 5.73 Å². The summed E-state index contributed by atoms with van der Waals surface area (Å²) in [5, 5.41) is 0. The predicted molar refractivity (Wildman–Crippen MR) is 74.9 cm³/mol. The van der Waals surface area contributed by atoms with Gasteiger partial charge in [0.15, 0.2) is 0 Å². The molecule has 0 bridgehead atoms. The molecule has 1 aromatic rings. The van der Waals surface area contributed by atoms with Gasteiger partial charge in [-0.3, -0.25) is 4.79 Å². The van der Waals surface area contributed by atoms with Gasteiger partial charge in [0.05, 0.1) is 11.7 Å². The van der Waals surface area contributed by atoms with Crippen LogP contribution in [0.1, 0.15) is 24.0 Å². The summed E-state index contributed by atoms with van der Waals surface area (Å²) in [4.78, 5) is 13.3. The highest BCUT2D eigenvalue weighted by Gasteiger charge is 2.34. The molecular weight excluding hydrogens is 297 g/mol. The van der Waals surface area contributed by atoms with Gasteiger partial charge in [-0.1, -0.05) is 18.2 Å². The Morgan fingerprint density at radius 3 is 2.73 bits per heavy atom. The van der Waals surface area contributed by atoms with E-state index in [-0.39, 0.29) is 30.7 Å². The topological polar surface area (TPSA) is 55.6 Å². The molecule has 1 aliphatic heterocycles.